The van der Waals surface area contributed by atoms with Gasteiger partial charge in [-0.3, -0.25) is 9.36 Å². The lowest BCUT2D eigenvalue weighted by Gasteiger charge is -2.14. The van der Waals surface area contributed by atoms with Crippen molar-refractivity contribution in [3.8, 4) is 0 Å². The number of fused-ring (bicyclic) bond motifs is 1. The molecule has 0 spiro atoms. The van der Waals surface area contributed by atoms with Crippen LogP contribution in [0.15, 0.2) is 32.6 Å². The first kappa shape index (κ1) is 17.5. The van der Waals surface area contributed by atoms with E-state index >= 15 is 0 Å². The molecule has 0 fully saturated rings. The number of halogens is 1. The zero-order valence-corrected chi connectivity index (χ0v) is 15.5. The molecule has 1 heterocycles. The molecule has 2 aromatic rings. The van der Waals surface area contributed by atoms with Gasteiger partial charge in [0, 0.05) is 29.5 Å². The number of nitrogens with zero attached hydrogens (tertiary/aromatic N) is 2. The molecule has 0 aliphatic rings. The van der Waals surface area contributed by atoms with Gasteiger partial charge in [0.2, 0.25) is 0 Å². The molecule has 0 radical (unpaired) electrons. The molecule has 0 saturated heterocycles. The van der Waals surface area contributed by atoms with Crippen LogP contribution in [0.1, 0.15) is 27.2 Å². The molecule has 4 nitrogen and oxygen atoms in total. The molecule has 6 heteroatoms. The quantitative estimate of drug-likeness (QED) is 0.409. The van der Waals surface area contributed by atoms with E-state index in [0.29, 0.717) is 30.4 Å². The normalized spacial score (nSPS) is 11.5. The molecule has 0 aliphatic heterocycles. The molecule has 2 rings (SSSR count). The van der Waals surface area contributed by atoms with Crippen molar-refractivity contribution < 1.29 is 4.74 Å². The fourth-order valence-corrected chi connectivity index (χ4v) is 3.37. The summed E-state index contributed by atoms with van der Waals surface area (Å²) in [4.78, 5) is 17.5. The largest absolute Gasteiger partial charge is 0.382 e. The monoisotopic (exact) mass is 384 g/mol. The number of rotatable bonds is 7. The Morgan fingerprint density at radius 3 is 2.86 bits per heavy atom. The van der Waals surface area contributed by atoms with Gasteiger partial charge >= 0.3 is 0 Å². The predicted molar refractivity (Wildman–Crippen MR) is 95.8 cm³/mol. The Hall–Kier alpha value is -0.850. The lowest BCUT2D eigenvalue weighted by Crippen LogP contribution is -2.24. The average molecular weight is 385 g/mol. The van der Waals surface area contributed by atoms with E-state index in [-0.39, 0.29) is 5.56 Å². The van der Waals surface area contributed by atoms with Crippen LogP contribution in [0.4, 0.5) is 0 Å². The minimum absolute atomic E-state index is 0.0194. The molecule has 120 valence electrons. The summed E-state index contributed by atoms with van der Waals surface area (Å²) in [6.07, 6.45) is 0.806. The number of hydrogen-bond donors (Lipinski definition) is 0. The molecule has 0 unspecified atom stereocenters. The number of aromatic nitrogens is 2. The van der Waals surface area contributed by atoms with E-state index in [1.54, 1.807) is 16.3 Å². The van der Waals surface area contributed by atoms with E-state index in [1.807, 2.05) is 25.1 Å². The van der Waals surface area contributed by atoms with Crippen LogP contribution in [-0.4, -0.2) is 28.0 Å². The summed E-state index contributed by atoms with van der Waals surface area (Å²) < 4.78 is 8.04. The Labute approximate surface area is 143 Å². The van der Waals surface area contributed by atoms with Gasteiger partial charge in [-0.1, -0.05) is 41.5 Å². The second-order valence-electron chi connectivity index (χ2n) is 5.23. The minimum atomic E-state index is 0.0194. The predicted octanol–water partition coefficient (Wildman–Crippen LogP) is 4.09. The Balaban J connectivity index is 2.43. The molecule has 1 aromatic carbocycles. The highest BCUT2D eigenvalue weighted by atomic mass is 79.9. The van der Waals surface area contributed by atoms with Crippen LogP contribution < -0.4 is 5.56 Å². The Morgan fingerprint density at radius 2 is 2.18 bits per heavy atom. The van der Waals surface area contributed by atoms with Crippen molar-refractivity contribution in [1.29, 1.82) is 0 Å². The van der Waals surface area contributed by atoms with Gasteiger partial charge < -0.3 is 4.74 Å². The average Bonchev–Trinajstić information content (AvgIpc) is 2.46. The Morgan fingerprint density at radius 1 is 1.41 bits per heavy atom. The van der Waals surface area contributed by atoms with Crippen molar-refractivity contribution in [2.24, 2.45) is 0 Å². The van der Waals surface area contributed by atoms with Crippen molar-refractivity contribution in [3.63, 3.8) is 0 Å². The van der Waals surface area contributed by atoms with E-state index in [2.05, 4.69) is 34.8 Å². The minimum Gasteiger partial charge on any atom is -0.382 e. The van der Waals surface area contributed by atoms with Gasteiger partial charge in [-0.15, -0.1) is 0 Å². The summed E-state index contributed by atoms with van der Waals surface area (Å²) >= 11 is 5.04. The molecule has 0 saturated carbocycles. The van der Waals surface area contributed by atoms with E-state index in [1.165, 1.54) is 0 Å². The maximum absolute atomic E-state index is 12.8. The fraction of sp³-hybridized carbons (Fsp3) is 0.500. The van der Waals surface area contributed by atoms with Gasteiger partial charge in [0.05, 0.1) is 10.9 Å². The first-order valence-electron chi connectivity index (χ1n) is 7.47. The van der Waals surface area contributed by atoms with Crippen LogP contribution in [0.25, 0.3) is 10.9 Å². The van der Waals surface area contributed by atoms with Crippen LogP contribution >= 0.6 is 27.7 Å². The smallest absolute Gasteiger partial charge is 0.262 e. The lowest BCUT2D eigenvalue weighted by molar-refractivity contribution is 0.140. The second-order valence-corrected chi connectivity index (χ2v) is 7.69. The highest BCUT2D eigenvalue weighted by Crippen LogP contribution is 2.23. The first-order valence-corrected chi connectivity index (χ1v) is 9.14. The van der Waals surface area contributed by atoms with Crippen molar-refractivity contribution in [1.82, 2.24) is 9.55 Å². The molecule has 0 amide bonds. The third-order valence-electron chi connectivity index (χ3n) is 3.10. The zero-order chi connectivity index (χ0) is 16.1. The van der Waals surface area contributed by atoms with E-state index in [0.717, 1.165) is 21.6 Å². The van der Waals surface area contributed by atoms with Gasteiger partial charge in [0.1, 0.15) is 0 Å². The second kappa shape index (κ2) is 8.13. The zero-order valence-electron chi connectivity index (χ0n) is 13.1. The van der Waals surface area contributed by atoms with Crippen LogP contribution in [0, 0.1) is 0 Å². The maximum atomic E-state index is 12.8. The Bertz CT molecular complexity index is 700. The van der Waals surface area contributed by atoms with Gasteiger partial charge in [-0.05, 0) is 31.5 Å². The molecule has 0 bridgehead atoms. The van der Waals surface area contributed by atoms with Gasteiger partial charge in [-0.2, -0.15) is 0 Å². The van der Waals surface area contributed by atoms with Crippen LogP contribution in [0.2, 0.25) is 0 Å². The third-order valence-corrected chi connectivity index (χ3v) is 4.58. The maximum Gasteiger partial charge on any atom is 0.262 e. The topological polar surface area (TPSA) is 44.1 Å². The fourth-order valence-electron chi connectivity index (χ4n) is 2.14. The standard InChI is InChI=1S/C16H21BrN2O2S/c1-4-21-9-5-8-19-15(20)13-10-12(17)6-7-14(13)18-16(19)22-11(2)3/h6-7,10-11H,4-5,8-9H2,1-3H3. The van der Waals surface area contributed by atoms with Crippen LogP contribution in [0.3, 0.4) is 0 Å². The summed E-state index contributed by atoms with van der Waals surface area (Å²) in [5, 5.41) is 1.81. The third kappa shape index (κ3) is 4.33. The highest BCUT2D eigenvalue weighted by molar-refractivity contribution is 9.10. The van der Waals surface area contributed by atoms with Crippen LogP contribution in [-0.2, 0) is 11.3 Å². The number of ether oxygens (including phenoxy) is 1. The summed E-state index contributed by atoms with van der Waals surface area (Å²) in [6, 6.07) is 5.64. The van der Waals surface area contributed by atoms with Crippen molar-refractivity contribution in [2.75, 3.05) is 13.2 Å². The number of benzene rings is 1. The van der Waals surface area contributed by atoms with Crippen molar-refractivity contribution >= 4 is 38.6 Å². The molecule has 0 aliphatic carbocycles. The summed E-state index contributed by atoms with van der Waals surface area (Å²) in [7, 11) is 0. The molecular formula is C16H21BrN2O2S. The molecule has 0 atom stereocenters. The first-order chi connectivity index (χ1) is 10.5. The lowest BCUT2D eigenvalue weighted by atomic mass is 10.2. The molecule has 0 N–H and O–H groups in total. The molecule has 1 aromatic heterocycles. The van der Waals surface area contributed by atoms with Crippen LogP contribution in [0.5, 0.6) is 0 Å². The summed E-state index contributed by atoms with van der Waals surface area (Å²) in [5.74, 6) is 0. The summed E-state index contributed by atoms with van der Waals surface area (Å²) in [6.45, 7) is 8.17. The number of thioether (sulfide) groups is 1. The molecule has 22 heavy (non-hydrogen) atoms. The SMILES string of the molecule is CCOCCCn1c(SC(C)C)nc2ccc(Br)cc2c1=O. The van der Waals surface area contributed by atoms with E-state index < -0.39 is 0 Å². The van der Waals surface area contributed by atoms with Gasteiger partial charge in [0.25, 0.3) is 5.56 Å². The number of hydrogen-bond acceptors (Lipinski definition) is 4. The van der Waals surface area contributed by atoms with Gasteiger partial charge in [0.15, 0.2) is 5.16 Å². The van der Waals surface area contributed by atoms with Crippen molar-refractivity contribution in [2.45, 2.75) is 44.1 Å². The highest BCUT2D eigenvalue weighted by Gasteiger charge is 2.13. The van der Waals surface area contributed by atoms with E-state index in [9.17, 15) is 4.79 Å². The Kier molecular flexibility index (Phi) is 6.47. The van der Waals surface area contributed by atoms with Crippen molar-refractivity contribution in [3.05, 3.63) is 33.0 Å². The van der Waals surface area contributed by atoms with Gasteiger partial charge in [-0.25, -0.2) is 4.98 Å². The summed E-state index contributed by atoms with van der Waals surface area (Å²) in [5.41, 5.74) is 0.767. The molecular weight excluding hydrogens is 364 g/mol. The van der Waals surface area contributed by atoms with E-state index in [4.69, 9.17) is 4.74 Å².